The molecule has 0 N–H and O–H groups in total. The van der Waals surface area contributed by atoms with Gasteiger partial charge in [0.25, 0.3) is 0 Å². The molecule has 13 heavy (non-hydrogen) atoms. The van der Waals surface area contributed by atoms with Crippen LogP contribution < -0.4 is 0 Å². The first-order chi connectivity index (χ1) is 6.27. The molecule has 0 aliphatic carbocycles. The summed E-state index contributed by atoms with van der Waals surface area (Å²) in [4.78, 5) is 4.22. The van der Waals surface area contributed by atoms with Gasteiger partial charge in [-0.1, -0.05) is 0 Å². The number of hydrogen-bond donors (Lipinski definition) is 0. The van der Waals surface area contributed by atoms with Crippen molar-refractivity contribution < 1.29 is 0 Å². The number of halogens is 1. The minimum Gasteiger partial charge on any atom is -0.269 e. The largest absolute Gasteiger partial charge is 0.269 e. The van der Waals surface area contributed by atoms with Crippen LogP contribution in [0.25, 0.3) is 5.82 Å². The third-order valence-corrected chi connectivity index (χ3v) is 2.15. The summed E-state index contributed by atoms with van der Waals surface area (Å²) >= 11 is 3.32. The molecular weight excluding hydrogens is 232 g/mol. The molecule has 0 spiro atoms. The Bertz CT molecular complexity index is 406. The fourth-order valence-electron chi connectivity index (χ4n) is 1.03. The minimum absolute atomic E-state index is 0.825. The molecule has 0 atom stereocenters. The van der Waals surface area contributed by atoms with E-state index in [4.69, 9.17) is 0 Å². The Morgan fingerprint density at radius 1 is 1.38 bits per heavy atom. The Morgan fingerprint density at radius 2 is 2.23 bits per heavy atom. The second kappa shape index (κ2) is 3.26. The molecule has 0 aliphatic heterocycles. The van der Waals surface area contributed by atoms with Gasteiger partial charge in [0.2, 0.25) is 0 Å². The first kappa shape index (κ1) is 8.37. The van der Waals surface area contributed by atoms with Gasteiger partial charge in [0.15, 0.2) is 0 Å². The van der Waals surface area contributed by atoms with Crippen molar-refractivity contribution in [3.63, 3.8) is 0 Å². The molecule has 5 heteroatoms. The fourth-order valence-corrected chi connectivity index (χ4v) is 1.26. The van der Waals surface area contributed by atoms with Crippen LogP contribution in [0.5, 0.6) is 0 Å². The van der Waals surface area contributed by atoms with Crippen LogP contribution in [0.15, 0.2) is 29.1 Å². The van der Waals surface area contributed by atoms with E-state index in [1.54, 1.807) is 12.5 Å². The van der Waals surface area contributed by atoms with Crippen molar-refractivity contribution in [3.05, 3.63) is 35.0 Å². The van der Waals surface area contributed by atoms with Gasteiger partial charge in [-0.05, 0) is 35.0 Å². The van der Waals surface area contributed by atoms with Gasteiger partial charge in [-0.2, -0.15) is 0 Å². The lowest BCUT2D eigenvalue weighted by atomic mass is 10.4. The maximum Gasteiger partial charge on any atom is 0.139 e. The highest BCUT2D eigenvalue weighted by Gasteiger charge is 2.01. The molecule has 2 heterocycles. The zero-order valence-corrected chi connectivity index (χ0v) is 8.56. The van der Waals surface area contributed by atoms with Crippen molar-refractivity contribution in [2.75, 3.05) is 0 Å². The van der Waals surface area contributed by atoms with Crippen molar-refractivity contribution in [1.29, 1.82) is 0 Å². The molecule has 2 aromatic rings. The fraction of sp³-hybridized carbons (Fsp3) is 0.125. The molecule has 0 fully saturated rings. The lowest BCUT2D eigenvalue weighted by Crippen LogP contribution is -1.97. The SMILES string of the molecule is Cc1nncn1-c1ccc(Br)cn1. The average molecular weight is 239 g/mol. The number of rotatable bonds is 1. The molecule has 0 saturated heterocycles. The van der Waals surface area contributed by atoms with E-state index in [1.807, 2.05) is 23.6 Å². The third-order valence-electron chi connectivity index (χ3n) is 1.68. The Hall–Kier alpha value is -1.23. The van der Waals surface area contributed by atoms with Gasteiger partial charge >= 0.3 is 0 Å². The first-order valence-corrected chi connectivity index (χ1v) is 4.55. The van der Waals surface area contributed by atoms with Crippen LogP contribution in [0, 0.1) is 6.92 Å². The summed E-state index contributed by atoms with van der Waals surface area (Å²) in [5.41, 5.74) is 0. The van der Waals surface area contributed by atoms with Gasteiger partial charge in [0, 0.05) is 10.7 Å². The molecule has 0 amide bonds. The van der Waals surface area contributed by atoms with Crippen LogP contribution in [0.1, 0.15) is 5.82 Å². The van der Waals surface area contributed by atoms with Gasteiger partial charge in [0.05, 0.1) is 0 Å². The third kappa shape index (κ3) is 1.60. The maximum atomic E-state index is 4.22. The van der Waals surface area contributed by atoms with Gasteiger partial charge in [-0.15, -0.1) is 10.2 Å². The standard InChI is InChI=1S/C8H7BrN4/c1-6-12-11-5-13(6)8-3-2-7(9)4-10-8/h2-5H,1H3. The normalized spacial score (nSPS) is 10.3. The first-order valence-electron chi connectivity index (χ1n) is 3.76. The summed E-state index contributed by atoms with van der Waals surface area (Å²) < 4.78 is 2.79. The maximum absolute atomic E-state index is 4.22. The molecule has 0 aromatic carbocycles. The van der Waals surface area contributed by atoms with Crippen LogP contribution in [-0.2, 0) is 0 Å². The van der Waals surface area contributed by atoms with Crippen LogP contribution in [0.3, 0.4) is 0 Å². The second-order valence-corrected chi connectivity index (χ2v) is 3.50. The predicted molar refractivity (Wildman–Crippen MR) is 51.6 cm³/mol. The summed E-state index contributed by atoms with van der Waals surface area (Å²) in [5, 5.41) is 7.66. The summed E-state index contributed by atoms with van der Waals surface area (Å²) in [6, 6.07) is 3.84. The molecule has 2 aromatic heterocycles. The van der Waals surface area contributed by atoms with Crippen molar-refractivity contribution >= 4 is 15.9 Å². The smallest absolute Gasteiger partial charge is 0.139 e. The Balaban J connectivity index is 2.47. The monoisotopic (exact) mass is 238 g/mol. The average Bonchev–Trinajstić information content (AvgIpc) is 2.53. The van der Waals surface area contributed by atoms with Gasteiger partial charge in [-0.25, -0.2) is 4.98 Å². The highest BCUT2D eigenvalue weighted by Crippen LogP contribution is 2.10. The van der Waals surface area contributed by atoms with E-state index >= 15 is 0 Å². The van der Waals surface area contributed by atoms with E-state index in [-0.39, 0.29) is 0 Å². The highest BCUT2D eigenvalue weighted by atomic mass is 79.9. The van der Waals surface area contributed by atoms with E-state index in [0.29, 0.717) is 0 Å². The van der Waals surface area contributed by atoms with Crippen LogP contribution in [-0.4, -0.2) is 19.7 Å². The lowest BCUT2D eigenvalue weighted by molar-refractivity contribution is 0.930. The van der Waals surface area contributed by atoms with E-state index in [9.17, 15) is 0 Å². The Morgan fingerprint density at radius 3 is 2.77 bits per heavy atom. The molecule has 4 nitrogen and oxygen atoms in total. The zero-order chi connectivity index (χ0) is 9.26. The summed E-state index contributed by atoms with van der Waals surface area (Å²) in [6.07, 6.45) is 3.39. The molecule has 0 radical (unpaired) electrons. The minimum atomic E-state index is 0.825. The van der Waals surface area contributed by atoms with Crippen LogP contribution >= 0.6 is 15.9 Å². The summed E-state index contributed by atoms with van der Waals surface area (Å²) in [5.74, 6) is 1.65. The molecule has 0 unspecified atom stereocenters. The Kier molecular flexibility index (Phi) is 2.10. The molecule has 66 valence electrons. The number of nitrogens with zero attached hydrogens (tertiary/aromatic N) is 4. The van der Waals surface area contributed by atoms with Crippen molar-refractivity contribution in [2.24, 2.45) is 0 Å². The van der Waals surface area contributed by atoms with E-state index in [2.05, 4.69) is 31.1 Å². The van der Waals surface area contributed by atoms with Crippen molar-refractivity contribution in [3.8, 4) is 5.82 Å². The van der Waals surface area contributed by atoms with Gasteiger partial charge in [-0.3, -0.25) is 4.57 Å². The van der Waals surface area contributed by atoms with Gasteiger partial charge < -0.3 is 0 Å². The number of aryl methyl sites for hydroxylation is 1. The highest BCUT2D eigenvalue weighted by molar-refractivity contribution is 9.10. The number of aromatic nitrogens is 4. The van der Waals surface area contributed by atoms with E-state index in [0.717, 1.165) is 16.1 Å². The van der Waals surface area contributed by atoms with E-state index in [1.165, 1.54) is 0 Å². The number of pyridine rings is 1. The topological polar surface area (TPSA) is 43.6 Å². The van der Waals surface area contributed by atoms with E-state index < -0.39 is 0 Å². The summed E-state index contributed by atoms with van der Waals surface area (Å²) in [7, 11) is 0. The molecule has 0 bridgehead atoms. The predicted octanol–water partition coefficient (Wildman–Crippen LogP) is 1.73. The Labute approximate surface area is 83.8 Å². The van der Waals surface area contributed by atoms with Crippen molar-refractivity contribution in [1.82, 2.24) is 19.7 Å². The van der Waals surface area contributed by atoms with Crippen molar-refractivity contribution in [2.45, 2.75) is 6.92 Å². The van der Waals surface area contributed by atoms with Crippen LogP contribution in [0.2, 0.25) is 0 Å². The van der Waals surface area contributed by atoms with Crippen LogP contribution in [0.4, 0.5) is 0 Å². The zero-order valence-electron chi connectivity index (χ0n) is 6.98. The molecule has 2 rings (SSSR count). The number of hydrogen-bond acceptors (Lipinski definition) is 3. The molecule has 0 aliphatic rings. The summed E-state index contributed by atoms with van der Waals surface area (Å²) in [6.45, 7) is 1.89. The molecule has 0 saturated carbocycles. The molecular formula is C8H7BrN4. The quantitative estimate of drug-likeness (QED) is 0.761. The van der Waals surface area contributed by atoms with Gasteiger partial charge in [0.1, 0.15) is 18.0 Å². The lowest BCUT2D eigenvalue weighted by Gasteiger charge is -2.01. The second-order valence-electron chi connectivity index (χ2n) is 2.58.